The fourth-order valence-corrected chi connectivity index (χ4v) is 9.26. The summed E-state index contributed by atoms with van der Waals surface area (Å²) in [4.78, 5) is 98.7. The summed E-state index contributed by atoms with van der Waals surface area (Å²) in [5.74, 6) is -6.82. The number of carboxylic acids is 1. The van der Waals surface area contributed by atoms with E-state index in [1.807, 2.05) is 203 Å². The number of hydrogen-bond acceptors (Lipinski definition) is 8. The number of nitrogens with two attached hydrogens (primary N) is 1. The second kappa shape index (κ2) is 26.7. The van der Waals surface area contributed by atoms with Gasteiger partial charge in [-0.15, -0.1) is 0 Å². The van der Waals surface area contributed by atoms with Gasteiger partial charge in [-0.3, -0.25) is 28.8 Å². The van der Waals surface area contributed by atoms with Gasteiger partial charge in [0.2, 0.25) is 35.4 Å². The number of carbonyl (C=O) groups excluding carboxylic acids is 6. The third-order valence-electron chi connectivity index (χ3n) is 14.0. The van der Waals surface area contributed by atoms with E-state index >= 15 is 0 Å². The maximum atomic E-state index is 14.9. The maximum absolute atomic E-state index is 14.9. The molecule has 0 aliphatic heterocycles. The molecule has 9 N–H and O–H groups in total. The van der Waals surface area contributed by atoms with Crippen molar-refractivity contribution in [3.05, 3.63) is 215 Å². The van der Waals surface area contributed by atoms with E-state index in [0.29, 0.717) is 46.2 Å². The zero-order chi connectivity index (χ0) is 54.8. The van der Waals surface area contributed by atoms with Gasteiger partial charge in [-0.25, -0.2) is 4.79 Å². The molecular weight excluding hydrogens is 959 g/mol. The SMILES string of the molecule is CC[C@H](C)[C@H](N)C(=O)N[C@H](C(=O)N[C@@H](C)C(=O)N[C@@H](CC(=O)NC(c1ccccc1)(c1ccccc1)c1ccccc1)C(=O)N[C@@H](CC(=O)NC(c1ccccc1)(c1ccccc1)c1ccccc1)C(=O)O)[C@@H](C)CC. The molecule has 0 fully saturated rings. The Kier molecular flexibility index (Phi) is 20.0. The largest absolute Gasteiger partial charge is 0.480 e. The van der Waals surface area contributed by atoms with Crippen LogP contribution in [0.2, 0.25) is 0 Å². The summed E-state index contributed by atoms with van der Waals surface area (Å²) >= 11 is 0. The summed E-state index contributed by atoms with van der Waals surface area (Å²) in [6, 6.07) is 48.3. The number of hydrogen-bond donors (Lipinski definition) is 8. The molecule has 396 valence electrons. The minimum atomic E-state index is -1.87. The van der Waals surface area contributed by atoms with E-state index in [4.69, 9.17) is 5.73 Å². The first kappa shape index (κ1) is 56.9. The topological polar surface area (TPSA) is 238 Å². The fraction of sp³-hybridized carbons (Fsp3) is 0.295. The van der Waals surface area contributed by atoms with Crippen molar-refractivity contribution in [2.24, 2.45) is 17.6 Å². The molecule has 0 radical (unpaired) electrons. The summed E-state index contributed by atoms with van der Waals surface area (Å²) in [5.41, 5.74) is 7.60. The van der Waals surface area contributed by atoms with Crippen molar-refractivity contribution >= 4 is 41.4 Å². The van der Waals surface area contributed by atoms with Crippen LogP contribution in [-0.2, 0) is 44.6 Å². The monoisotopic (exact) mass is 1030 g/mol. The average Bonchev–Trinajstić information content (AvgIpc) is 3.46. The van der Waals surface area contributed by atoms with Crippen LogP contribution in [0.5, 0.6) is 0 Å². The van der Waals surface area contributed by atoms with Crippen LogP contribution in [0.1, 0.15) is 93.7 Å². The van der Waals surface area contributed by atoms with E-state index in [-0.39, 0.29) is 11.8 Å². The molecular formula is C61H69N7O8. The van der Waals surface area contributed by atoms with E-state index in [2.05, 4.69) is 31.9 Å². The van der Waals surface area contributed by atoms with E-state index in [9.17, 15) is 38.7 Å². The molecule has 0 bridgehead atoms. The van der Waals surface area contributed by atoms with Crippen molar-refractivity contribution in [3.63, 3.8) is 0 Å². The lowest BCUT2D eigenvalue weighted by Crippen LogP contribution is -2.60. The third-order valence-corrected chi connectivity index (χ3v) is 14.0. The lowest BCUT2D eigenvalue weighted by Gasteiger charge is -2.37. The highest BCUT2D eigenvalue weighted by molar-refractivity contribution is 5.98. The molecule has 0 saturated carbocycles. The van der Waals surface area contributed by atoms with Crippen LogP contribution in [0.3, 0.4) is 0 Å². The van der Waals surface area contributed by atoms with Crippen molar-refractivity contribution in [2.45, 2.75) is 102 Å². The molecule has 15 heteroatoms. The Morgan fingerprint density at radius 1 is 0.421 bits per heavy atom. The summed E-state index contributed by atoms with van der Waals surface area (Å²) < 4.78 is 0. The third kappa shape index (κ3) is 13.6. The molecule has 0 aliphatic carbocycles. The van der Waals surface area contributed by atoms with Crippen molar-refractivity contribution in [1.29, 1.82) is 0 Å². The summed E-state index contributed by atoms with van der Waals surface area (Å²) in [6.45, 7) is 8.71. The van der Waals surface area contributed by atoms with Gasteiger partial charge >= 0.3 is 5.97 Å². The van der Waals surface area contributed by atoms with Crippen LogP contribution in [0.4, 0.5) is 0 Å². The first-order chi connectivity index (χ1) is 36.5. The van der Waals surface area contributed by atoms with Gasteiger partial charge in [-0.05, 0) is 52.1 Å². The van der Waals surface area contributed by atoms with Crippen molar-refractivity contribution < 1.29 is 38.7 Å². The van der Waals surface area contributed by atoms with Gasteiger partial charge in [0.15, 0.2) is 0 Å². The number of rotatable bonds is 25. The van der Waals surface area contributed by atoms with Crippen LogP contribution in [-0.4, -0.2) is 76.7 Å². The first-order valence-electron chi connectivity index (χ1n) is 25.7. The molecule has 76 heavy (non-hydrogen) atoms. The molecule has 6 rings (SSSR count). The second-order valence-corrected chi connectivity index (χ2v) is 19.2. The second-order valence-electron chi connectivity index (χ2n) is 19.2. The van der Waals surface area contributed by atoms with Gasteiger partial charge in [-0.2, -0.15) is 0 Å². The minimum absolute atomic E-state index is 0.176. The zero-order valence-electron chi connectivity index (χ0n) is 43.6. The molecule has 0 aliphatic rings. The standard InChI is InChI=1S/C61H69N7O8/c1-6-40(3)53(62)57(73)66-54(41(4)7-2)58(74)63-42(5)55(71)64-49(38-51(69)67-60(43-26-14-8-15-27-43,44-28-16-9-17-29-44)45-30-18-10-19-31-45)56(72)65-50(59(75)76)39-52(70)68-61(46-32-20-11-21-33-46,47-34-22-12-23-35-47)48-36-24-13-25-37-48/h8-37,40-42,49-50,53-54H,6-7,38-39,62H2,1-5H3,(H,63,74)(H,64,71)(H,65,72)(H,66,73)(H,67,69)(H,68,70)(H,75,76)/t40-,41-,42-,49-,50-,53-,54-/m0/s1. The molecule has 6 amide bonds. The molecule has 7 atom stereocenters. The van der Waals surface area contributed by atoms with Crippen LogP contribution in [0.15, 0.2) is 182 Å². The van der Waals surface area contributed by atoms with Crippen molar-refractivity contribution in [3.8, 4) is 0 Å². The Hall–Kier alpha value is -8.43. The van der Waals surface area contributed by atoms with E-state index in [0.717, 1.165) is 0 Å². The number of aliphatic carboxylic acids is 1. The highest BCUT2D eigenvalue weighted by Crippen LogP contribution is 2.38. The number of amides is 6. The highest BCUT2D eigenvalue weighted by Gasteiger charge is 2.42. The Balaban J connectivity index is 1.33. The van der Waals surface area contributed by atoms with Gasteiger partial charge in [0.25, 0.3) is 0 Å². The molecule has 0 saturated heterocycles. The quantitative estimate of drug-likeness (QED) is 0.0294. The van der Waals surface area contributed by atoms with E-state index < -0.39 is 95.5 Å². The van der Waals surface area contributed by atoms with Crippen LogP contribution >= 0.6 is 0 Å². The van der Waals surface area contributed by atoms with Crippen LogP contribution < -0.4 is 37.6 Å². The normalized spacial score (nSPS) is 14.2. The summed E-state index contributed by atoms with van der Waals surface area (Å²) in [7, 11) is 0. The lowest BCUT2D eigenvalue weighted by molar-refractivity contribution is -0.144. The van der Waals surface area contributed by atoms with Crippen molar-refractivity contribution in [2.75, 3.05) is 0 Å². The van der Waals surface area contributed by atoms with Crippen LogP contribution in [0.25, 0.3) is 0 Å². The predicted molar refractivity (Wildman–Crippen MR) is 292 cm³/mol. The highest BCUT2D eigenvalue weighted by atomic mass is 16.4. The Labute approximate surface area is 444 Å². The van der Waals surface area contributed by atoms with Crippen molar-refractivity contribution in [1.82, 2.24) is 31.9 Å². The van der Waals surface area contributed by atoms with E-state index in [1.54, 1.807) is 6.92 Å². The Morgan fingerprint density at radius 2 is 0.737 bits per heavy atom. The minimum Gasteiger partial charge on any atom is -0.480 e. The Morgan fingerprint density at radius 3 is 1.05 bits per heavy atom. The summed E-state index contributed by atoms with van der Waals surface area (Å²) in [5, 5.41) is 27.4. The molecule has 0 aromatic heterocycles. The summed E-state index contributed by atoms with van der Waals surface area (Å²) in [6.07, 6.45) is -0.386. The van der Waals surface area contributed by atoms with Gasteiger partial charge in [-0.1, -0.05) is 223 Å². The smallest absolute Gasteiger partial charge is 0.326 e. The lowest BCUT2D eigenvalue weighted by atomic mass is 9.77. The van der Waals surface area contributed by atoms with E-state index in [1.165, 1.54) is 6.92 Å². The number of carboxylic acid groups (broad SMARTS) is 1. The maximum Gasteiger partial charge on any atom is 0.326 e. The average molecular weight is 1030 g/mol. The Bertz CT molecular complexity index is 2680. The zero-order valence-corrected chi connectivity index (χ0v) is 43.6. The first-order valence-corrected chi connectivity index (χ1v) is 25.7. The van der Waals surface area contributed by atoms with Gasteiger partial charge in [0, 0.05) is 0 Å². The molecule has 0 heterocycles. The number of benzene rings is 6. The fourth-order valence-electron chi connectivity index (χ4n) is 9.26. The predicted octanol–water partition coefficient (Wildman–Crippen LogP) is 6.45. The molecule has 6 aromatic rings. The van der Waals surface area contributed by atoms with Gasteiger partial charge in [0.1, 0.15) is 35.2 Å². The van der Waals surface area contributed by atoms with Gasteiger partial charge in [0.05, 0.1) is 18.9 Å². The molecule has 6 aromatic carbocycles. The number of carbonyl (C=O) groups is 7. The molecule has 15 nitrogen and oxygen atoms in total. The number of nitrogens with one attached hydrogen (secondary N) is 6. The van der Waals surface area contributed by atoms with Crippen LogP contribution in [0, 0.1) is 11.8 Å². The molecule has 0 spiro atoms. The van der Waals surface area contributed by atoms with Gasteiger partial charge < -0.3 is 42.7 Å². The molecule has 0 unspecified atom stereocenters.